The molecular weight excluding hydrogens is 516 g/mol. The van der Waals surface area contributed by atoms with Gasteiger partial charge in [0.1, 0.15) is 17.2 Å². The first-order valence-corrected chi connectivity index (χ1v) is 13.6. The molecule has 0 bridgehead atoms. The van der Waals surface area contributed by atoms with Crippen LogP contribution in [0.1, 0.15) is 31.0 Å². The maximum Gasteiger partial charge on any atom is 0.323 e. The molecule has 0 saturated carbocycles. The molecule has 0 fully saturated rings. The highest BCUT2D eigenvalue weighted by atomic mass is 16.5. The van der Waals surface area contributed by atoms with E-state index in [1.165, 1.54) is 11.1 Å². The first kappa shape index (κ1) is 26.3. The topological polar surface area (TPSA) is 111 Å². The van der Waals surface area contributed by atoms with Gasteiger partial charge in [-0.3, -0.25) is 14.3 Å². The molecule has 2 aromatic carbocycles. The van der Waals surface area contributed by atoms with E-state index in [2.05, 4.69) is 58.1 Å². The van der Waals surface area contributed by atoms with Gasteiger partial charge in [-0.15, -0.1) is 0 Å². The molecule has 41 heavy (non-hydrogen) atoms. The number of urea groups is 1. The highest BCUT2D eigenvalue weighted by molar-refractivity contribution is 6.01. The Bertz CT molecular complexity index is 1690. The molecule has 0 radical (unpaired) electrons. The Morgan fingerprint density at radius 2 is 1.83 bits per heavy atom. The second kappa shape index (κ2) is 11.3. The van der Waals surface area contributed by atoms with Crippen molar-refractivity contribution in [3.63, 3.8) is 0 Å². The van der Waals surface area contributed by atoms with Crippen molar-refractivity contribution in [2.75, 3.05) is 17.2 Å². The summed E-state index contributed by atoms with van der Waals surface area (Å²) >= 11 is 0. The zero-order chi connectivity index (χ0) is 28.3. The molecule has 0 saturated heterocycles. The Morgan fingerprint density at radius 1 is 0.976 bits per heavy atom. The van der Waals surface area contributed by atoms with Crippen molar-refractivity contribution in [2.45, 2.75) is 32.9 Å². The molecule has 0 aliphatic carbocycles. The second-order valence-electron chi connectivity index (χ2n) is 10.4. The van der Waals surface area contributed by atoms with Crippen molar-refractivity contribution >= 4 is 17.4 Å². The van der Waals surface area contributed by atoms with Crippen molar-refractivity contribution in [1.29, 1.82) is 0 Å². The minimum absolute atomic E-state index is 0.155. The van der Waals surface area contributed by atoms with Crippen molar-refractivity contribution in [3.8, 4) is 34.0 Å². The molecule has 0 unspecified atom stereocenters. The number of fused-ring (bicyclic) bond motifs is 1. The van der Waals surface area contributed by atoms with E-state index in [-0.39, 0.29) is 12.1 Å². The third kappa shape index (κ3) is 5.97. The second-order valence-corrected chi connectivity index (χ2v) is 10.4. The van der Waals surface area contributed by atoms with E-state index in [0.29, 0.717) is 22.9 Å². The summed E-state index contributed by atoms with van der Waals surface area (Å²) in [5, 5.41) is 18.3. The molecular formula is C31H32N8O2. The summed E-state index contributed by atoms with van der Waals surface area (Å²) in [5.41, 5.74) is 7.35. The Labute approximate surface area is 238 Å². The average molecular weight is 549 g/mol. The minimum atomic E-state index is -0.347. The molecule has 4 heterocycles. The Balaban J connectivity index is 1.14. The number of carbonyl (C=O) groups excluding carboxylic acids is 1. The van der Waals surface area contributed by atoms with E-state index in [1.807, 2.05) is 42.3 Å². The Hall–Kier alpha value is -4.96. The predicted octanol–water partition coefficient (Wildman–Crippen LogP) is 6.01. The van der Waals surface area contributed by atoms with Gasteiger partial charge in [-0.1, -0.05) is 12.1 Å². The minimum Gasteiger partial charge on any atom is -0.457 e. The molecule has 0 spiro atoms. The van der Waals surface area contributed by atoms with E-state index < -0.39 is 0 Å². The molecule has 5 aromatic rings. The standard InChI is InChI=1S/C31H32N8O2/c1-20(2)39-19-29(30(37-39)22-4-5-23-16-32-12-10-21(23)14-22)36-31(40)35-25-6-8-26(9-7-25)41-27-11-13-33-28(15-27)24-17-34-38(3)18-24/h4-9,11,13-15,17-20,32H,10,12,16H2,1-3H3,(H2,35,36,40). The molecule has 2 amide bonds. The van der Waals surface area contributed by atoms with Crippen LogP contribution in [-0.4, -0.2) is 37.1 Å². The molecule has 3 aromatic heterocycles. The third-order valence-corrected chi connectivity index (χ3v) is 6.96. The lowest BCUT2D eigenvalue weighted by molar-refractivity contribution is 0.262. The van der Waals surface area contributed by atoms with Crippen molar-refractivity contribution in [3.05, 3.63) is 90.5 Å². The van der Waals surface area contributed by atoms with Crippen LogP contribution in [0.25, 0.3) is 22.5 Å². The average Bonchev–Trinajstić information content (AvgIpc) is 3.60. The summed E-state index contributed by atoms with van der Waals surface area (Å²) < 4.78 is 9.63. The van der Waals surface area contributed by atoms with Gasteiger partial charge in [0.15, 0.2) is 0 Å². The van der Waals surface area contributed by atoms with Gasteiger partial charge in [-0.2, -0.15) is 10.2 Å². The van der Waals surface area contributed by atoms with Gasteiger partial charge < -0.3 is 20.7 Å². The highest BCUT2D eigenvalue weighted by Crippen LogP contribution is 2.31. The van der Waals surface area contributed by atoms with E-state index in [4.69, 9.17) is 9.84 Å². The summed E-state index contributed by atoms with van der Waals surface area (Å²) in [6.45, 7) is 5.97. The monoisotopic (exact) mass is 548 g/mol. The number of rotatable bonds is 7. The molecule has 1 aliphatic rings. The van der Waals surface area contributed by atoms with Crippen LogP contribution in [0.5, 0.6) is 11.5 Å². The van der Waals surface area contributed by atoms with Gasteiger partial charge in [0.25, 0.3) is 0 Å². The Kier molecular flexibility index (Phi) is 7.22. The summed E-state index contributed by atoms with van der Waals surface area (Å²) in [5.74, 6) is 1.30. The highest BCUT2D eigenvalue weighted by Gasteiger charge is 2.18. The number of carbonyl (C=O) groups is 1. The zero-order valence-corrected chi connectivity index (χ0v) is 23.3. The van der Waals surface area contributed by atoms with Gasteiger partial charge in [0.05, 0.1) is 17.6 Å². The van der Waals surface area contributed by atoms with Crippen molar-refractivity contribution in [1.82, 2.24) is 29.9 Å². The van der Waals surface area contributed by atoms with Crippen LogP contribution in [0, 0.1) is 0 Å². The van der Waals surface area contributed by atoms with E-state index >= 15 is 0 Å². The van der Waals surface area contributed by atoms with Gasteiger partial charge in [-0.05, 0) is 74.3 Å². The number of amides is 2. The maximum atomic E-state index is 13.0. The maximum absolute atomic E-state index is 13.0. The van der Waals surface area contributed by atoms with E-state index in [1.54, 1.807) is 35.3 Å². The number of nitrogens with one attached hydrogen (secondary N) is 3. The normalized spacial score (nSPS) is 12.7. The smallest absolute Gasteiger partial charge is 0.323 e. The number of ether oxygens (including phenoxy) is 1. The number of aromatic nitrogens is 5. The molecule has 0 atom stereocenters. The first-order chi connectivity index (χ1) is 19.9. The number of hydrogen-bond donors (Lipinski definition) is 3. The number of anilines is 2. The van der Waals surface area contributed by atoms with Crippen LogP contribution >= 0.6 is 0 Å². The molecule has 10 heteroatoms. The molecule has 6 rings (SSSR count). The fourth-order valence-corrected chi connectivity index (χ4v) is 4.80. The first-order valence-electron chi connectivity index (χ1n) is 13.6. The van der Waals surface area contributed by atoms with Gasteiger partial charge in [-0.25, -0.2) is 4.79 Å². The van der Waals surface area contributed by atoms with Crippen LogP contribution < -0.4 is 20.7 Å². The van der Waals surface area contributed by atoms with E-state index in [9.17, 15) is 4.79 Å². The number of pyridine rings is 1. The number of benzene rings is 2. The number of aryl methyl sites for hydroxylation is 1. The predicted molar refractivity (Wildman–Crippen MR) is 159 cm³/mol. The molecule has 1 aliphatic heterocycles. The van der Waals surface area contributed by atoms with Gasteiger partial charge in [0, 0.05) is 61.1 Å². The zero-order valence-electron chi connectivity index (χ0n) is 23.3. The third-order valence-electron chi connectivity index (χ3n) is 6.96. The largest absolute Gasteiger partial charge is 0.457 e. The fraction of sp³-hybridized carbons (Fsp3) is 0.226. The molecule has 208 valence electrons. The molecule has 3 N–H and O–H groups in total. The lowest BCUT2D eigenvalue weighted by Gasteiger charge is -2.17. The summed E-state index contributed by atoms with van der Waals surface area (Å²) in [6.07, 6.45) is 8.23. The fourth-order valence-electron chi connectivity index (χ4n) is 4.80. The lowest BCUT2D eigenvalue weighted by atomic mass is 9.97. The van der Waals surface area contributed by atoms with Crippen molar-refractivity contribution in [2.24, 2.45) is 7.05 Å². The van der Waals surface area contributed by atoms with E-state index in [0.717, 1.165) is 42.0 Å². The van der Waals surface area contributed by atoms with Crippen LogP contribution in [0.3, 0.4) is 0 Å². The van der Waals surface area contributed by atoms with Crippen LogP contribution in [0.15, 0.2) is 79.4 Å². The summed E-state index contributed by atoms with van der Waals surface area (Å²) in [6, 6.07) is 17.1. The SMILES string of the molecule is CC(C)n1cc(NC(=O)Nc2ccc(Oc3ccnc(-c4cnn(C)c4)c3)cc2)c(-c2ccc3c(c2)CCNC3)n1. The van der Waals surface area contributed by atoms with Gasteiger partial charge >= 0.3 is 6.03 Å². The lowest BCUT2D eigenvalue weighted by Crippen LogP contribution is -2.23. The Morgan fingerprint density at radius 3 is 2.61 bits per heavy atom. The summed E-state index contributed by atoms with van der Waals surface area (Å²) in [4.78, 5) is 17.4. The number of hydrogen-bond acceptors (Lipinski definition) is 6. The van der Waals surface area contributed by atoms with Crippen LogP contribution in [-0.2, 0) is 20.0 Å². The summed E-state index contributed by atoms with van der Waals surface area (Å²) in [7, 11) is 1.87. The quantitative estimate of drug-likeness (QED) is 0.230. The number of nitrogens with zero attached hydrogens (tertiary/aromatic N) is 5. The molecule has 10 nitrogen and oxygen atoms in total. The van der Waals surface area contributed by atoms with Gasteiger partial charge in [0.2, 0.25) is 0 Å². The van der Waals surface area contributed by atoms with Crippen LogP contribution in [0.2, 0.25) is 0 Å². The van der Waals surface area contributed by atoms with Crippen LogP contribution in [0.4, 0.5) is 16.2 Å². The van der Waals surface area contributed by atoms with Crippen molar-refractivity contribution < 1.29 is 9.53 Å².